The summed E-state index contributed by atoms with van der Waals surface area (Å²) in [4.78, 5) is 11.9. The summed E-state index contributed by atoms with van der Waals surface area (Å²) in [7, 11) is 0. The Morgan fingerprint density at radius 3 is 2.71 bits per heavy atom. The van der Waals surface area contributed by atoms with Gasteiger partial charge in [0.25, 0.3) is 6.43 Å². The number of nitrogen functional groups attached to an aromatic ring is 1. The zero-order chi connectivity index (χ0) is 20.5. The predicted molar refractivity (Wildman–Crippen MR) is 98.1 cm³/mol. The number of nitrogens with zero attached hydrogens (tertiary/aromatic N) is 4. The highest BCUT2D eigenvalue weighted by Crippen LogP contribution is 2.52. The molecule has 0 amide bonds. The molecule has 3 heterocycles. The first kappa shape index (κ1) is 21.4. The van der Waals surface area contributed by atoms with Crippen molar-refractivity contribution in [1.82, 2.24) is 19.5 Å². The van der Waals surface area contributed by atoms with Crippen LogP contribution >= 0.6 is 6.72 Å². The summed E-state index contributed by atoms with van der Waals surface area (Å²) in [6.45, 7) is -0.910. The minimum absolute atomic E-state index is 0.0530. The van der Waals surface area contributed by atoms with Crippen LogP contribution in [0.5, 0.6) is 0 Å². The number of ether oxygens (including phenoxy) is 1. The average Bonchev–Trinajstić information content (AvgIpc) is 3.05. The molecule has 1 saturated heterocycles. The minimum atomic E-state index is -3.36. The van der Waals surface area contributed by atoms with Crippen molar-refractivity contribution in [2.45, 2.75) is 44.8 Å². The fraction of sp³-hybridized carbons (Fsp3) is 0.643. The summed E-state index contributed by atoms with van der Waals surface area (Å²) >= 11 is 5.24. The van der Waals surface area contributed by atoms with Gasteiger partial charge in [0, 0.05) is 0 Å². The van der Waals surface area contributed by atoms with Crippen LogP contribution in [-0.4, -0.2) is 62.6 Å². The van der Waals surface area contributed by atoms with Crippen LogP contribution in [0.4, 0.5) is 14.6 Å². The third kappa shape index (κ3) is 4.62. The van der Waals surface area contributed by atoms with E-state index >= 15 is 0 Å². The quantitative estimate of drug-likeness (QED) is 0.679. The second-order valence-corrected chi connectivity index (χ2v) is 9.21. The Hall–Kier alpha value is -1.34. The number of hydrogen-bond donors (Lipinski definition) is 2. The first-order valence-electron chi connectivity index (χ1n) is 8.32. The molecule has 0 radical (unpaired) electrons. The molecule has 4 unspecified atom stereocenters. The Morgan fingerprint density at radius 1 is 1.32 bits per heavy atom. The number of halogens is 2. The van der Waals surface area contributed by atoms with E-state index < -0.39 is 38.2 Å². The van der Waals surface area contributed by atoms with E-state index in [4.69, 9.17) is 35.8 Å². The van der Waals surface area contributed by atoms with Gasteiger partial charge in [-0.1, -0.05) is 0 Å². The summed E-state index contributed by atoms with van der Waals surface area (Å²) in [6.07, 6.45) is -5.22. The first-order valence-corrected chi connectivity index (χ1v) is 10.9. The van der Waals surface area contributed by atoms with Crippen LogP contribution in [-0.2, 0) is 30.1 Å². The number of aliphatic hydroxyl groups excluding tert-OH is 1. The highest BCUT2D eigenvalue weighted by Gasteiger charge is 2.37. The topological polar surface area (TPSA) is 127 Å². The van der Waals surface area contributed by atoms with Crippen molar-refractivity contribution in [3.05, 3.63) is 12.7 Å². The fourth-order valence-electron chi connectivity index (χ4n) is 2.56. The number of imidazole rings is 1. The molecule has 0 spiro atoms. The fourth-order valence-corrected chi connectivity index (χ4v) is 4.81. The Kier molecular flexibility index (Phi) is 6.54. The van der Waals surface area contributed by atoms with Crippen molar-refractivity contribution in [3.8, 4) is 0 Å². The third-order valence-corrected chi connectivity index (χ3v) is 6.23. The van der Waals surface area contributed by atoms with E-state index in [9.17, 15) is 13.9 Å². The normalized spacial score (nSPS) is 29.8. The molecule has 0 aliphatic carbocycles. The second kappa shape index (κ2) is 8.57. The molecule has 156 valence electrons. The Morgan fingerprint density at radius 2 is 2.04 bits per heavy atom. The molecule has 2 aromatic rings. The molecule has 10 nitrogen and oxygen atoms in total. The highest BCUT2D eigenvalue weighted by molar-refractivity contribution is 8.07. The molecular weight excluding hydrogens is 419 g/mol. The van der Waals surface area contributed by atoms with E-state index in [1.54, 1.807) is 13.8 Å². The van der Waals surface area contributed by atoms with Crippen LogP contribution in [0.2, 0.25) is 0 Å². The van der Waals surface area contributed by atoms with Crippen LogP contribution in [0, 0.1) is 0 Å². The molecule has 0 aromatic carbocycles. The summed E-state index contributed by atoms with van der Waals surface area (Å²) in [5.74, 6) is 0.0530. The molecule has 2 aromatic heterocycles. The molecule has 1 fully saturated rings. The number of nitrogens with two attached hydrogens (primary N) is 1. The summed E-state index contributed by atoms with van der Waals surface area (Å²) < 4.78 is 50.2. The Labute approximate surface area is 164 Å². The van der Waals surface area contributed by atoms with Crippen molar-refractivity contribution >= 4 is 35.5 Å². The number of rotatable bonds is 4. The molecule has 4 atom stereocenters. The van der Waals surface area contributed by atoms with E-state index in [-0.39, 0.29) is 29.7 Å². The van der Waals surface area contributed by atoms with Gasteiger partial charge in [-0.25, -0.2) is 23.7 Å². The molecule has 0 saturated carbocycles. The molecule has 1 aliphatic heterocycles. The van der Waals surface area contributed by atoms with Gasteiger partial charge < -0.3 is 29.1 Å². The highest BCUT2D eigenvalue weighted by atomic mass is 32.5. The predicted octanol–water partition coefficient (Wildman–Crippen LogP) is 1.61. The number of anilines is 1. The monoisotopic (exact) mass is 439 g/mol. The lowest BCUT2D eigenvalue weighted by atomic mass is 10.3. The standard InChI is InChI=1S/C14H20F2N5O5PS/c1-7(2)26-27(28)23-3-8(22)14(25-9(4-24-27)11(15)16)21-6-20-13-10(21)12(17)18-5-19-13/h5-9,11,14,22H,3-4H2,1-2H3,(H2,17,18,19). The third-order valence-electron chi connectivity index (χ3n) is 3.73. The van der Waals surface area contributed by atoms with Gasteiger partial charge in [0.15, 0.2) is 17.7 Å². The average molecular weight is 439 g/mol. The van der Waals surface area contributed by atoms with Gasteiger partial charge in [0.2, 0.25) is 0 Å². The van der Waals surface area contributed by atoms with Crippen LogP contribution in [0.25, 0.3) is 11.2 Å². The van der Waals surface area contributed by atoms with Crippen LogP contribution < -0.4 is 5.73 Å². The number of aromatic nitrogens is 4. The van der Waals surface area contributed by atoms with Crippen LogP contribution in [0.15, 0.2) is 12.7 Å². The van der Waals surface area contributed by atoms with Crippen molar-refractivity contribution in [2.24, 2.45) is 0 Å². The molecule has 3 rings (SSSR count). The number of alkyl halides is 2. The van der Waals surface area contributed by atoms with Gasteiger partial charge >= 0.3 is 6.72 Å². The lowest BCUT2D eigenvalue weighted by Gasteiger charge is -2.27. The van der Waals surface area contributed by atoms with Gasteiger partial charge in [-0.3, -0.25) is 4.57 Å². The number of hydrogen-bond acceptors (Lipinski definition) is 10. The van der Waals surface area contributed by atoms with E-state index in [1.807, 2.05) is 0 Å². The molecule has 1 aliphatic rings. The summed E-state index contributed by atoms with van der Waals surface area (Å²) in [5.41, 5.74) is 6.32. The van der Waals surface area contributed by atoms with E-state index in [0.29, 0.717) is 0 Å². The molecule has 28 heavy (non-hydrogen) atoms. The van der Waals surface area contributed by atoms with E-state index in [1.165, 1.54) is 17.2 Å². The molecular formula is C14H20F2N5O5PS. The Balaban J connectivity index is 1.97. The van der Waals surface area contributed by atoms with Gasteiger partial charge in [-0.2, -0.15) is 0 Å². The SMILES string of the molecule is CC(C)OP1(=S)OCC(O)C(n2cnc3ncnc(N)c32)OC(C(F)F)CO1. The first-order chi connectivity index (χ1) is 13.2. The van der Waals surface area contributed by atoms with Crippen molar-refractivity contribution in [1.29, 1.82) is 0 Å². The van der Waals surface area contributed by atoms with E-state index in [2.05, 4.69) is 15.0 Å². The van der Waals surface area contributed by atoms with Crippen LogP contribution in [0.3, 0.4) is 0 Å². The second-order valence-electron chi connectivity index (χ2n) is 6.24. The maximum Gasteiger partial charge on any atom is 0.327 e. The lowest BCUT2D eigenvalue weighted by molar-refractivity contribution is -0.164. The number of aliphatic hydroxyl groups is 1. The lowest BCUT2D eigenvalue weighted by Crippen LogP contribution is -2.36. The van der Waals surface area contributed by atoms with E-state index in [0.717, 1.165) is 0 Å². The zero-order valence-corrected chi connectivity index (χ0v) is 16.7. The minimum Gasteiger partial charge on any atom is -0.386 e. The molecule has 3 N–H and O–H groups in total. The number of fused-ring (bicyclic) bond motifs is 1. The maximum absolute atomic E-state index is 13.6. The van der Waals surface area contributed by atoms with Gasteiger partial charge in [-0.05, 0) is 25.7 Å². The zero-order valence-electron chi connectivity index (χ0n) is 15.0. The van der Waals surface area contributed by atoms with Crippen molar-refractivity contribution in [3.63, 3.8) is 0 Å². The van der Waals surface area contributed by atoms with Crippen molar-refractivity contribution in [2.75, 3.05) is 18.9 Å². The maximum atomic E-state index is 13.6. The Bertz CT molecular complexity index is 872. The largest absolute Gasteiger partial charge is 0.386 e. The van der Waals surface area contributed by atoms with Gasteiger partial charge in [0.05, 0.1) is 19.3 Å². The summed E-state index contributed by atoms with van der Waals surface area (Å²) in [6, 6.07) is 0. The summed E-state index contributed by atoms with van der Waals surface area (Å²) in [5, 5.41) is 10.6. The van der Waals surface area contributed by atoms with Gasteiger partial charge in [-0.15, -0.1) is 0 Å². The smallest absolute Gasteiger partial charge is 0.327 e. The molecule has 14 heteroatoms. The van der Waals surface area contributed by atoms with Crippen LogP contribution in [0.1, 0.15) is 20.1 Å². The van der Waals surface area contributed by atoms with Gasteiger partial charge in [0.1, 0.15) is 30.4 Å². The molecule has 0 bridgehead atoms. The van der Waals surface area contributed by atoms with Crippen molar-refractivity contribution < 1.29 is 32.2 Å².